The Morgan fingerprint density at radius 1 is 0.486 bits per heavy atom. The highest BCUT2D eigenvalue weighted by atomic mass is 31.2. The molecule has 0 atom stereocenters. The molecule has 0 bridgehead atoms. The average molecular weight is 501 g/mol. The molecule has 0 heterocycles. The first-order valence-electron chi connectivity index (χ1n) is 11.5. The Labute approximate surface area is 207 Å². The standard InChI is InChI=1S/C27H33O7P/c1-29-19-16-22-4-10-25(11-5-22)32-35(28,33-26-12-6-23(7-13-26)17-20-30-2)34-27-14-8-24(9-15-27)18-21-31-3/h4-15H,16-21H2,1-3H3. The van der Waals surface area contributed by atoms with Crippen LogP contribution in [0.25, 0.3) is 0 Å². The number of phosphoric ester groups is 1. The average Bonchev–Trinajstić information content (AvgIpc) is 2.87. The second kappa shape index (κ2) is 13.9. The predicted molar refractivity (Wildman–Crippen MR) is 136 cm³/mol. The minimum atomic E-state index is -4.07. The molecular weight excluding hydrogens is 467 g/mol. The summed E-state index contributed by atoms with van der Waals surface area (Å²) in [6.45, 7) is 1.85. The molecule has 0 saturated heterocycles. The van der Waals surface area contributed by atoms with Crippen molar-refractivity contribution in [3.63, 3.8) is 0 Å². The van der Waals surface area contributed by atoms with Crippen LogP contribution in [-0.4, -0.2) is 41.2 Å². The lowest BCUT2D eigenvalue weighted by molar-refractivity contribution is 0.202. The van der Waals surface area contributed by atoms with Crippen LogP contribution in [0.15, 0.2) is 72.8 Å². The van der Waals surface area contributed by atoms with E-state index >= 15 is 0 Å². The second-order valence-electron chi connectivity index (χ2n) is 7.88. The van der Waals surface area contributed by atoms with Crippen molar-refractivity contribution < 1.29 is 32.3 Å². The van der Waals surface area contributed by atoms with Gasteiger partial charge in [0.1, 0.15) is 17.2 Å². The summed E-state index contributed by atoms with van der Waals surface area (Å²) in [5.74, 6) is 1.13. The Morgan fingerprint density at radius 2 is 0.743 bits per heavy atom. The summed E-state index contributed by atoms with van der Waals surface area (Å²) >= 11 is 0. The van der Waals surface area contributed by atoms with E-state index < -0.39 is 7.82 Å². The van der Waals surface area contributed by atoms with Crippen molar-refractivity contribution in [2.24, 2.45) is 0 Å². The topological polar surface area (TPSA) is 72.5 Å². The summed E-state index contributed by atoms with van der Waals surface area (Å²) in [5, 5.41) is 0. The van der Waals surface area contributed by atoms with Crippen LogP contribution < -0.4 is 13.6 Å². The van der Waals surface area contributed by atoms with Gasteiger partial charge in [0, 0.05) is 21.3 Å². The monoisotopic (exact) mass is 500 g/mol. The van der Waals surface area contributed by atoms with Crippen molar-refractivity contribution in [3.05, 3.63) is 89.5 Å². The zero-order valence-electron chi connectivity index (χ0n) is 20.5. The fourth-order valence-corrected chi connectivity index (χ4v) is 4.51. The van der Waals surface area contributed by atoms with E-state index in [9.17, 15) is 4.57 Å². The summed E-state index contributed by atoms with van der Waals surface area (Å²) in [4.78, 5) is 0. The SMILES string of the molecule is COCCc1ccc(OP(=O)(Oc2ccc(CCOC)cc2)Oc2ccc(CCOC)cc2)cc1. The molecule has 0 fully saturated rings. The first-order valence-corrected chi connectivity index (χ1v) is 12.9. The highest BCUT2D eigenvalue weighted by Crippen LogP contribution is 2.49. The van der Waals surface area contributed by atoms with Gasteiger partial charge in [-0.3, -0.25) is 0 Å². The third kappa shape index (κ3) is 9.04. The minimum Gasteiger partial charge on any atom is -0.386 e. The van der Waals surface area contributed by atoms with Crippen LogP contribution in [0.3, 0.4) is 0 Å². The van der Waals surface area contributed by atoms with E-state index in [0.29, 0.717) is 37.1 Å². The van der Waals surface area contributed by atoms with Gasteiger partial charge in [0.15, 0.2) is 0 Å². The summed E-state index contributed by atoms with van der Waals surface area (Å²) in [6, 6.07) is 21.8. The molecule has 3 aromatic rings. The van der Waals surface area contributed by atoms with Crippen LogP contribution in [0.4, 0.5) is 0 Å². The van der Waals surface area contributed by atoms with Gasteiger partial charge in [-0.15, -0.1) is 0 Å². The van der Waals surface area contributed by atoms with Crippen LogP contribution in [0.1, 0.15) is 16.7 Å². The van der Waals surface area contributed by atoms with Crippen molar-refractivity contribution in [3.8, 4) is 17.2 Å². The number of phosphoric acid groups is 1. The Bertz CT molecular complexity index is 914. The molecule has 7 nitrogen and oxygen atoms in total. The zero-order chi connectivity index (χ0) is 24.9. The molecule has 8 heteroatoms. The lowest BCUT2D eigenvalue weighted by Crippen LogP contribution is -2.08. The third-order valence-electron chi connectivity index (χ3n) is 5.21. The van der Waals surface area contributed by atoms with Gasteiger partial charge in [0.2, 0.25) is 0 Å². The van der Waals surface area contributed by atoms with Gasteiger partial charge in [0.05, 0.1) is 19.8 Å². The minimum absolute atomic E-state index is 0.378. The zero-order valence-corrected chi connectivity index (χ0v) is 21.4. The number of hydrogen-bond acceptors (Lipinski definition) is 7. The highest BCUT2D eigenvalue weighted by molar-refractivity contribution is 7.49. The largest absolute Gasteiger partial charge is 0.647 e. The molecular formula is C27H33O7P. The maximum absolute atomic E-state index is 13.8. The Morgan fingerprint density at radius 3 is 0.971 bits per heavy atom. The molecule has 188 valence electrons. The maximum Gasteiger partial charge on any atom is 0.647 e. The number of methoxy groups -OCH3 is 3. The van der Waals surface area contributed by atoms with Crippen LogP contribution in [0, 0.1) is 0 Å². The van der Waals surface area contributed by atoms with E-state index in [1.54, 1.807) is 57.7 Å². The molecule has 0 aliphatic rings. The molecule has 0 aliphatic carbocycles. The number of rotatable bonds is 15. The van der Waals surface area contributed by atoms with Gasteiger partial charge in [-0.2, -0.15) is 4.57 Å². The third-order valence-corrected chi connectivity index (χ3v) is 6.51. The van der Waals surface area contributed by atoms with E-state index in [1.807, 2.05) is 36.4 Å². The van der Waals surface area contributed by atoms with Gasteiger partial charge >= 0.3 is 7.82 Å². The molecule has 0 aromatic heterocycles. The fourth-order valence-electron chi connectivity index (χ4n) is 3.25. The summed E-state index contributed by atoms with van der Waals surface area (Å²) in [7, 11) is 0.922. The Kier molecular flexibility index (Phi) is 10.6. The molecule has 35 heavy (non-hydrogen) atoms. The lowest BCUT2D eigenvalue weighted by atomic mass is 10.1. The normalized spacial score (nSPS) is 11.3. The fraction of sp³-hybridized carbons (Fsp3) is 0.333. The van der Waals surface area contributed by atoms with Crippen LogP contribution in [0.2, 0.25) is 0 Å². The van der Waals surface area contributed by atoms with E-state index in [0.717, 1.165) is 36.0 Å². The summed E-state index contributed by atoms with van der Waals surface area (Å²) < 4.78 is 46.5. The van der Waals surface area contributed by atoms with Gasteiger partial charge in [-0.25, -0.2) is 0 Å². The van der Waals surface area contributed by atoms with E-state index in [1.165, 1.54) is 0 Å². The van der Waals surface area contributed by atoms with Crippen molar-refractivity contribution in [1.82, 2.24) is 0 Å². The first kappa shape index (κ1) is 26.8. The van der Waals surface area contributed by atoms with Crippen LogP contribution in [0.5, 0.6) is 17.2 Å². The van der Waals surface area contributed by atoms with Crippen molar-refractivity contribution in [2.75, 3.05) is 41.2 Å². The molecule has 0 N–H and O–H groups in total. The van der Waals surface area contributed by atoms with Gasteiger partial charge in [-0.1, -0.05) is 36.4 Å². The molecule has 0 amide bonds. The Hall–Kier alpha value is -2.83. The van der Waals surface area contributed by atoms with E-state index in [-0.39, 0.29) is 0 Å². The second-order valence-corrected chi connectivity index (χ2v) is 9.32. The molecule has 0 radical (unpaired) electrons. The number of hydrogen-bond donors (Lipinski definition) is 0. The van der Waals surface area contributed by atoms with Gasteiger partial charge in [-0.05, 0) is 72.4 Å². The first-order chi connectivity index (χ1) is 17.0. The van der Waals surface area contributed by atoms with Crippen molar-refractivity contribution >= 4 is 7.82 Å². The van der Waals surface area contributed by atoms with E-state index in [4.69, 9.17) is 27.8 Å². The molecule has 3 aromatic carbocycles. The molecule has 0 unspecified atom stereocenters. The highest BCUT2D eigenvalue weighted by Gasteiger charge is 2.33. The Balaban J connectivity index is 1.77. The smallest absolute Gasteiger partial charge is 0.386 e. The molecule has 0 spiro atoms. The quantitative estimate of drug-likeness (QED) is 0.241. The molecule has 0 saturated carbocycles. The number of benzene rings is 3. The van der Waals surface area contributed by atoms with Gasteiger partial charge in [0.25, 0.3) is 0 Å². The van der Waals surface area contributed by atoms with Gasteiger partial charge < -0.3 is 27.8 Å². The van der Waals surface area contributed by atoms with Crippen molar-refractivity contribution in [1.29, 1.82) is 0 Å². The summed E-state index contributed by atoms with van der Waals surface area (Å²) in [6.07, 6.45) is 2.31. The van der Waals surface area contributed by atoms with Crippen LogP contribution >= 0.6 is 7.82 Å². The summed E-state index contributed by atoms with van der Waals surface area (Å²) in [5.41, 5.74) is 3.23. The maximum atomic E-state index is 13.8. The number of ether oxygens (including phenoxy) is 3. The predicted octanol–water partition coefficient (Wildman–Crippen LogP) is 5.90. The lowest BCUT2D eigenvalue weighted by Gasteiger charge is -2.20. The van der Waals surface area contributed by atoms with Crippen LogP contribution in [-0.2, 0) is 38.0 Å². The van der Waals surface area contributed by atoms with E-state index in [2.05, 4.69) is 0 Å². The molecule has 0 aliphatic heterocycles. The molecule has 3 rings (SSSR count). The van der Waals surface area contributed by atoms with Crippen molar-refractivity contribution in [2.45, 2.75) is 19.3 Å².